The number of thioether (sulfide) groups is 1. The molecular formula is C18H29NS. The molecule has 0 heterocycles. The standard InChI is InChI=1S/C18H29NS/c1-12-10-14(3)16(11-13(12)2)15(4)19-17-8-6-7-9-18(17)20-5/h10-11,15,17-19H,6-9H2,1-5H3. The zero-order valence-corrected chi connectivity index (χ0v) is 14.4. The van der Waals surface area contributed by atoms with Gasteiger partial charge in [0.2, 0.25) is 0 Å². The number of aryl methyl sites for hydroxylation is 3. The predicted octanol–water partition coefficient (Wildman–Crippen LogP) is 4.94. The molecule has 1 aliphatic rings. The van der Waals surface area contributed by atoms with Crippen molar-refractivity contribution < 1.29 is 0 Å². The van der Waals surface area contributed by atoms with Gasteiger partial charge in [0.05, 0.1) is 0 Å². The fourth-order valence-corrected chi connectivity index (χ4v) is 4.38. The first kappa shape index (κ1) is 15.9. The maximum Gasteiger partial charge on any atom is 0.0297 e. The molecule has 3 unspecified atom stereocenters. The van der Waals surface area contributed by atoms with E-state index >= 15 is 0 Å². The van der Waals surface area contributed by atoms with Gasteiger partial charge in [-0.1, -0.05) is 25.0 Å². The summed E-state index contributed by atoms with van der Waals surface area (Å²) in [5.41, 5.74) is 5.70. The Labute approximate surface area is 128 Å². The monoisotopic (exact) mass is 291 g/mol. The minimum Gasteiger partial charge on any atom is -0.306 e. The number of rotatable bonds is 4. The Morgan fingerprint density at radius 2 is 1.70 bits per heavy atom. The van der Waals surface area contributed by atoms with Crippen LogP contribution in [0.1, 0.15) is 60.9 Å². The van der Waals surface area contributed by atoms with Gasteiger partial charge >= 0.3 is 0 Å². The van der Waals surface area contributed by atoms with E-state index in [2.05, 4.69) is 51.4 Å². The summed E-state index contributed by atoms with van der Waals surface area (Å²) in [5.74, 6) is 0. The molecule has 3 atom stereocenters. The molecule has 1 aromatic carbocycles. The van der Waals surface area contributed by atoms with Gasteiger partial charge < -0.3 is 5.32 Å². The van der Waals surface area contributed by atoms with Crippen LogP contribution in [0.3, 0.4) is 0 Å². The molecule has 0 aliphatic heterocycles. The van der Waals surface area contributed by atoms with Crippen LogP contribution in [0.5, 0.6) is 0 Å². The average molecular weight is 292 g/mol. The quantitative estimate of drug-likeness (QED) is 0.843. The molecule has 1 saturated carbocycles. The van der Waals surface area contributed by atoms with Crippen molar-refractivity contribution >= 4 is 11.8 Å². The normalized spacial score (nSPS) is 24.6. The van der Waals surface area contributed by atoms with Crippen molar-refractivity contribution in [3.63, 3.8) is 0 Å². The van der Waals surface area contributed by atoms with Gasteiger partial charge in [0.1, 0.15) is 0 Å². The summed E-state index contributed by atoms with van der Waals surface area (Å²) in [6, 6.07) is 5.83. The highest BCUT2D eigenvalue weighted by molar-refractivity contribution is 7.99. The summed E-state index contributed by atoms with van der Waals surface area (Å²) in [5, 5.41) is 4.69. The maximum atomic E-state index is 3.90. The first-order valence-electron chi connectivity index (χ1n) is 7.89. The molecule has 0 spiro atoms. The minimum atomic E-state index is 0.451. The van der Waals surface area contributed by atoms with E-state index in [0.717, 1.165) is 5.25 Å². The van der Waals surface area contributed by atoms with Crippen LogP contribution in [0.25, 0.3) is 0 Å². The number of nitrogens with one attached hydrogen (secondary N) is 1. The molecule has 2 heteroatoms. The van der Waals surface area contributed by atoms with Crippen LogP contribution in [-0.2, 0) is 0 Å². The molecular weight excluding hydrogens is 262 g/mol. The van der Waals surface area contributed by atoms with Gasteiger partial charge in [-0.3, -0.25) is 0 Å². The van der Waals surface area contributed by atoms with Crippen molar-refractivity contribution in [3.8, 4) is 0 Å². The van der Waals surface area contributed by atoms with Gasteiger partial charge in [-0.15, -0.1) is 0 Å². The third-order valence-corrected chi connectivity index (χ3v) is 5.99. The van der Waals surface area contributed by atoms with E-state index in [4.69, 9.17) is 0 Å². The van der Waals surface area contributed by atoms with Crippen molar-refractivity contribution in [3.05, 3.63) is 34.4 Å². The summed E-state index contributed by atoms with van der Waals surface area (Å²) in [4.78, 5) is 0. The third kappa shape index (κ3) is 3.59. The van der Waals surface area contributed by atoms with Crippen LogP contribution < -0.4 is 5.32 Å². The lowest BCUT2D eigenvalue weighted by Crippen LogP contribution is -2.41. The highest BCUT2D eigenvalue weighted by Crippen LogP contribution is 2.30. The average Bonchev–Trinajstić information content (AvgIpc) is 2.43. The van der Waals surface area contributed by atoms with Gasteiger partial charge in [0, 0.05) is 17.3 Å². The van der Waals surface area contributed by atoms with Crippen LogP contribution in [0.15, 0.2) is 12.1 Å². The Balaban J connectivity index is 2.11. The lowest BCUT2D eigenvalue weighted by atomic mass is 9.92. The first-order chi connectivity index (χ1) is 9.52. The van der Waals surface area contributed by atoms with Crippen LogP contribution in [0.4, 0.5) is 0 Å². The SMILES string of the molecule is CSC1CCCCC1NC(C)c1cc(C)c(C)cc1C. The van der Waals surface area contributed by atoms with E-state index in [1.54, 1.807) is 0 Å². The molecule has 112 valence electrons. The van der Waals surface area contributed by atoms with Crippen molar-refractivity contribution in [1.82, 2.24) is 5.32 Å². The second kappa shape index (κ2) is 7.00. The van der Waals surface area contributed by atoms with Crippen LogP contribution in [0.2, 0.25) is 0 Å². The molecule has 1 nitrogen and oxygen atoms in total. The zero-order valence-electron chi connectivity index (χ0n) is 13.6. The van der Waals surface area contributed by atoms with Crippen molar-refractivity contribution in [1.29, 1.82) is 0 Å². The van der Waals surface area contributed by atoms with E-state index in [0.29, 0.717) is 12.1 Å². The second-order valence-electron chi connectivity index (χ2n) is 6.35. The molecule has 1 aromatic rings. The summed E-state index contributed by atoms with van der Waals surface area (Å²) in [7, 11) is 0. The van der Waals surface area contributed by atoms with E-state index in [9.17, 15) is 0 Å². The Bertz CT molecular complexity index is 455. The molecule has 0 radical (unpaired) electrons. The largest absolute Gasteiger partial charge is 0.306 e. The molecule has 2 rings (SSSR count). The van der Waals surface area contributed by atoms with E-state index in [-0.39, 0.29) is 0 Å². The van der Waals surface area contributed by atoms with Crippen LogP contribution in [0, 0.1) is 20.8 Å². The van der Waals surface area contributed by atoms with Gasteiger partial charge in [0.25, 0.3) is 0 Å². The molecule has 1 aliphatic carbocycles. The molecule has 1 N–H and O–H groups in total. The topological polar surface area (TPSA) is 12.0 Å². The van der Waals surface area contributed by atoms with Crippen molar-refractivity contribution in [2.24, 2.45) is 0 Å². The molecule has 0 bridgehead atoms. The first-order valence-corrected chi connectivity index (χ1v) is 9.18. The third-order valence-electron chi connectivity index (χ3n) is 4.82. The van der Waals surface area contributed by atoms with E-state index in [1.165, 1.54) is 47.9 Å². The molecule has 0 saturated heterocycles. The fourth-order valence-electron chi connectivity index (χ4n) is 3.43. The summed E-state index contributed by atoms with van der Waals surface area (Å²) in [6.07, 6.45) is 7.75. The van der Waals surface area contributed by atoms with E-state index < -0.39 is 0 Å². The van der Waals surface area contributed by atoms with Gasteiger partial charge in [-0.25, -0.2) is 0 Å². The molecule has 0 aromatic heterocycles. The lowest BCUT2D eigenvalue weighted by molar-refractivity contribution is 0.356. The Morgan fingerprint density at radius 1 is 1.05 bits per heavy atom. The van der Waals surface area contributed by atoms with E-state index in [1.807, 2.05) is 11.8 Å². The number of hydrogen-bond donors (Lipinski definition) is 1. The highest BCUT2D eigenvalue weighted by atomic mass is 32.2. The number of hydrogen-bond acceptors (Lipinski definition) is 2. The smallest absolute Gasteiger partial charge is 0.0297 e. The molecule has 0 amide bonds. The highest BCUT2D eigenvalue weighted by Gasteiger charge is 2.26. The predicted molar refractivity (Wildman–Crippen MR) is 91.8 cm³/mol. The Hall–Kier alpha value is -0.470. The van der Waals surface area contributed by atoms with Gasteiger partial charge in [-0.05, 0) is 69.0 Å². The Kier molecular flexibility index (Phi) is 5.57. The maximum absolute atomic E-state index is 3.90. The Morgan fingerprint density at radius 3 is 2.40 bits per heavy atom. The summed E-state index contributed by atoms with van der Waals surface area (Å²) < 4.78 is 0. The zero-order chi connectivity index (χ0) is 14.7. The van der Waals surface area contributed by atoms with Gasteiger partial charge in [-0.2, -0.15) is 11.8 Å². The van der Waals surface area contributed by atoms with Crippen LogP contribution in [-0.4, -0.2) is 17.5 Å². The second-order valence-corrected chi connectivity index (χ2v) is 7.42. The summed E-state index contributed by atoms with van der Waals surface area (Å²) in [6.45, 7) is 8.99. The van der Waals surface area contributed by atoms with Gasteiger partial charge in [0.15, 0.2) is 0 Å². The summed E-state index contributed by atoms with van der Waals surface area (Å²) >= 11 is 2.04. The van der Waals surface area contributed by atoms with Crippen LogP contribution >= 0.6 is 11.8 Å². The molecule has 20 heavy (non-hydrogen) atoms. The minimum absolute atomic E-state index is 0.451. The van der Waals surface area contributed by atoms with Crippen molar-refractivity contribution in [2.75, 3.05) is 6.26 Å². The van der Waals surface area contributed by atoms with Crippen molar-refractivity contribution in [2.45, 2.75) is 70.7 Å². The lowest BCUT2D eigenvalue weighted by Gasteiger charge is -2.34. The fraction of sp³-hybridized carbons (Fsp3) is 0.667. The number of benzene rings is 1. The molecule has 1 fully saturated rings.